The van der Waals surface area contributed by atoms with Crippen LogP contribution < -0.4 is 15.4 Å². The lowest BCUT2D eigenvalue weighted by molar-refractivity contribution is -0.324. The molecule has 6 heterocycles. The van der Waals surface area contributed by atoms with Gasteiger partial charge in [-0.3, -0.25) is 4.90 Å². The summed E-state index contributed by atoms with van der Waals surface area (Å²) in [7, 11) is 3.86. The molecule has 240 valence electrons. The van der Waals surface area contributed by atoms with Crippen LogP contribution in [0.25, 0.3) is 11.6 Å². The largest absolute Gasteiger partial charge is 0.470 e. The van der Waals surface area contributed by atoms with Crippen LogP contribution in [0.5, 0.6) is 5.88 Å². The Morgan fingerprint density at radius 3 is 2.78 bits per heavy atom. The average Bonchev–Trinajstić information content (AvgIpc) is 3.88. The minimum atomic E-state index is -0.432. The van der Waals surface area contributed by atoms with Gasteiger partial charge in [-0.05, 0) is 83.9 Å². The third-order valence-corrected chi connectivity index (χ3v) is 11.8. The fraction of sp³-hybridized carbons (Fsp3) is 0.576. The quantitative estimate of drug-likeness (QED) is 0.385. The maximum Gasteiger partial charge on any atom is 0.448 e. The Hall–Kier alpha value is -3.86. The smallest absolute Gasteiger partial charge is 0.448 e. The normalized spacial score (nSPS) is 27.2. The van der Waals surface area contributed by atoms with E-state index in [0.29, 0.717) is 52.7 Å². The van der Waals surface area contributed by atoms with E-state index >= 15 is 0 Å². The van der Waals surface area contributed by atoms with Crippen molar-refractivity contribution < 1.29 is 23.4 Å². The van der Waals surface area contributed by atoms with Crippen molar-refractivity contribution in [3.63, 3.8) is 0 Å². The second-order valence-electron chi connectivity index (χ2n) is 13.4. The van der Waals surface area contributed by atoms with E-state index in [-0.39, 0.29) is 24.1 Å². The topological polar surface area (TPSA) is 147 Å². The van der Waals surface area contributed by atoms with Gasteiger partial charge in [0.05, 0.1) is 31.1 Å². The van der Waals surface area contributed by atoms with Crippen molar-refractivity contribution in [3.8, 4) is 23.5 Å². The van der Waals surface area contributed by atoms with E-state index in [2.05, 4.69) is 24.9 Å². The number of hydrogen-bond donors (Lipinski definition) is 1. The number of ether oxygens (including phenoxy) is 2. The van der Waals surface area contributed by atoms with Crippen molar-refractivity contribution in [2.45, 2.75) is 82.3 Å². The number of thiophene rings is 1. The maximum atomic E-state index is 13.7. The maximum absolute atomic E-state index is 13.7. The molecule has 0 radical (unpaired) electrons. The molecular formula is C33H39N8O4S+. The van der Waals surface area contributed by atoms with E-state index in [1.807, 2.05) is 6.21 Å². The minimum Gasteiger partial charge on any atom is -0.470 e. The first-order valence-corrected chi connectivity index (χ1v) is 17.2. The van der Waals surface area contributed by atoms with Crippen LogP contribution in [0.15, 0.2) is 4.52 Å². The molecule has 1 unspecified atom stereocenters. The van der Waals surface area contributed by atoms with Gasteiger partial charge in [0, 0.05) is 34.4 Å². The number of anilines is 2. The molecule has 8 rings (SSSR count). The molecule has 2 aliphatic carbocycles. The summed E-state index contributed by atoms with van der Waals surface area (Å²) in [4.78, 5) is 28.7. The van der Waals surface area contributed by atoms with Crippen molar-refractivity contribution in [2.24, 2.45) is 5.92 Å². The number of urea groups is 1. The van der Waals surface area contributed by atoms with Crippen LogP contribution in [0.1, 0.15) is 79.1 Å². The predicted octanol–water partition coefficient (Wildman–Crippen LogP) is 4.79. The first kappa shape index (κ1) is 29.5. The zero-order valence-electron chi connectivity index (χ0n) is 26.5. The molecule has 0 bridgehead atoms. The first-order valence-electron chi connectivity index (χ1n) is 16.4. The Balaban J connectivity index is 1.27. The van der Waals surface area contributed by atoms with Crippen LogP contribution in [-0.4, -0.2) is 82.8 Å². The highest BCUT2D eigenvalue weighted by Gasteiger charge is 2.50. The van der Waals surface area contributed by atoms with Crippen LogP contribution in [0.4, 0.5) is 21.3 Å². The molecule has 2 N–H and O–H groups in total. The molecule has 3 aromatic heterocycles. The third-order valence-electron chi connectivity index (χ3n) is 10.7. The molecule has 3 aromatic rings. The van der Waals surface area contributed by atoms with Crippen molar-refractivity contribution in [2.75, 3.05) is 44.5 Å². The number of nitriles is 1. The van der Waals surface area contributed by atoms with Gasteiger partial charge in [-0.25, -0.2) is 9.69 Å². The summed E-state index contributed by atoms with van der Waals surface area (Å²) in [5.74, 6) is 1.77. The van der Waals surface area contributed by atoms with Gasteiger partial charge in [0.15, 0.2) is 0 Å². The van der Waals surface area contributed by atoms with Crippen LogP contribution in [-0.2, 0) is 23.0 Å². The summed E-state index contributed by atoms with van der Waals surface area (Å²) < 4.78 is 20.1. The van der Waals surface area contributed by atoms with Crippen molar-refractivity contribution >= 4 is 40.1 Å². The molecule has 0 saturated carbocycles. The number of nitrogens with two attached hydrogens (primary N) is 1. The highest BCUT2D eigenvalue weighted by molar-refractivity contribution is 7.16. The first-order chi connectivity index (χ1) is 22.3. The highest BCUT2D eigenvalue weighted by Crippen LogP contribution is 2.55. The number of carbonyl (C=O) groups excluding carboxylic acids is 1. The molecule has 1 spiro atoms. The van der Waals surface area contributed by atoms with E-state index in [9.17, 15) is 10.1 Å². The monoisotopic (exact) mass is 643 g/mol. The number of aryl methyl sites for hydroxylation is 1. The van der Waals surface area contributed by atoms with Gasteiger partial charge in [-0.1, -0.05) is 10.1 Å². The van der Waals surface area contributed by atoms with Crippen LogP contribution in [0.2, 0.25) is 0 Å². The number of hydrogen-bond acceptors (Lipinski definition) is 11. The van der Waals surface area contributed by atoms with Crippen LogP contribution in [0.3, 0.4) is 0 Å². The summed E-state index contributed by atoms with van der Waals surface area (Å²) in [5, 5.41) is 15.4. The molecule has 12 nitrogen and oxygen atoms in total. The molecule has 13 heteroatoms. The summed E-state index contributed by atoms with van der Waals surface area (Å²) in [6.45, 7) is 4.32. The summed E-state index contributed by atoms with van der Waals surface area (Å²) in [6, 6.07) is 2.42. The van der Waals surface area contributed by atoms with Gasteiger partial charge in [-0.15, -0.1) is 11.3 Å². The number of nitrogen functional groups attached to an aromatic ring is 1. The second kappa shape index (κ2) is 11.1. The van der Waals surface area contributed by atoms with E-state index in [1.165, 1.54) is 16.2 Å². The molecule has 2 amide bonds. The second-order valence-corrected chi connectivity index (χ2v) is 14.5. The van der Waals surface area contributed by atoms with Gasteiger partial charge in [0.25, 0.3) is 11.7 Å². The number of rotatable bonds is 5. The lowest BCUT2D eigenvalue weighted by Crippen LogP contribution is -2.38. The zero-order valence-corrected chi connectivity index (χ0v) is 27.4. The lowest BCUT2D eigenvalue weighted by atomic mass is 9.62. The van der Waals surface area contributed by atoms with Crippen molar-refractivity contribution in [1.82, 2.24) is 20.0 Å². The molecule has 2 saturated heterocycles. The fourth-order valence-corrected chi connectivity index (χ4v) is 9.61. The number of likely N-dealkylation sites (N-methyl/N-ethyl adjacent to an activating group) is 1. The van der Waals surface area contributed by atoms with Crippen LogP contribution >= 0.6 is 11.3 Å². The van der Waals surface area contributed by atoms with Crippen LogP contribution in [0, 0.1) is 17.2 Å². The molecule has 2 fully saturated rings. The summed E-state index contributed by atoms with van der Waals surface area (Å²) in [5.41, 5.74) is 9.90. The van der Waals surface area contributed by atoms with Gasteiger partial charge in [0.1, 0.15) is 17.2 Å². The van der Waals surface area contributed by atoms with E-state index in [0.717, 1.165) is 81.2 Å². The van der Waals surface area contributed by atoms with E-state index in [1.54, 1.807) is 16.5 Å². The van der Waals surface area contributed by atoms with E-state index < -0.39 is 5.41 Å². The fourth-order valence-electron chi connectivity index (χ4n) is 8.45. The number of carbonyl (C=O) groups is 1. The number of nitrogens with zero attached hydrogens (tertiary/aromatic N) is 7. The number of likely N-dealkylation sites (tertiary alicyclic amines) is 1. The van der Waals surface area contributed by atoms with Gasteiger partial charge < -0.3 is 19.7 Å². The summed E-state index contributed by atoms with van der Waals surface area (Å²) in [6.07, 6.45) is 10.1. The molecule has 3 aliphatic heterocycles. The standard InChI is InChI=1S/C33H39N8O4S/c1-18(22-8-6-13-39(22)2)44-31-25-30(41(32(42)40(25)3)16-19-10-14-43-17-19)36-29(37-31)26-20-7-4-11-33(27(20)38-45-26)12-5-9-23-24(33)21(15-34)28(35)46-23/h16,18-19,22H,4-14,17,35H2,1-3H3/q+1/b41-16+/t18-,19?,22-,33-/m0/s1. The third kappa shape index (κ3) is 4.41. The number of fused-ring (bicyclic) bond motifs is 5. The van der Waals surface area contributed by atoms with E-state index in [4.69, 9.17) is 34.9 Å². The average molecular weight is 644 g/mol. The van der Waals surface area contributed by atoms with Gasteiger partial charge in [0.2, 0.25) is 11.4 Å². The Kier molecular flexibility index (Phi) is 7.15. The SMILES string of the molecule is C[C@H](Oc1nc(-c2onc3c2CCC[C@@]32CCCc3sc(N)c(C#N)c32)nc2c1N(C)C(=O)/[N+]2=C/C1CCOC1)[C@@H]1CCCN1C. The van der Waals surface area contributed by atoms with Gasteiger partial charge in [-0.2, -0.15) is 14.8 Å². The molecule has 46 heavy (non-hydrogen) atoms. The molecule has 4 atom stereocenters. The minimum absolute atomic E-state index is 0.0999. The Morgan fingerprint density at radius 1 is 1.22 bits per heavy atom. The van der Waals surface area contributed by atoms with Crippen molar-refractivity contribution in [1.29, 1.82) is 5.26 Å². The molecular weight excluding hydrogens is 604 g/mol. The summed E-state index contributed by atoms with van der Waals surface area (Å²) >= 11 is 1.53. The Morgan fingerprint density at radius 2 is 2.04 bits per heavy atom. The highest BCUT2D eigenvalue weighted by atomic mass is 32.1. The zero-order chi connectivity index (χ0) is 31.7. The predicted molar refractivity (Wildman–Crippen MR) is 172 cm³/mol. The number of amides is 2. The lowest BCUT2D eigenvalue weighted by Gasteiger charge is -2.39. The van der Waals surface area contributed by atoms with Crippen molar-refractivity contribution in [3.05, 3.63) is 27.3 Å². The molecule has 0 aromatic carbocycles. The Labute approximate surface area is 271 Å². The number of aromatic nitrogens is 3. The Bertz CT molecular complexity index is 1800. The van der Waals surface area contributed by atoms with Gasteiger partial charge >= 0.3 is 11.8 Å². The molecule has 5 aliphatic rings.